The van der Waals surface area contributed by atoms with Gasteiger partial charge in [-0.05, 0) is 44.4 Å². The molecule has 0 aromatic carbocycles. The Morgan fingerprint density at radius 3 is 1.76 bits per heavy atom. The molecule has 3 atom stereocenters. The second kappa shape index (κ2) is 38.1. The zero-order chi connectivity index (χ0) is 36.8. The summed E-state index contributed by atoms with van der Waals surface area (Å²) in [7, 11) is 0. The van der Waals surface area contributed by atoms with Gasteiger partial charge >= 0.3 is 11.9 Å². The van der Waals surface area contributed by atoms with Crippen LogP contribution < -0.4 is 0 Å². The number of hydrogen-bond donors (Lipinski definition) is 2. The molecule has 0 radical (unpaired) electrons. The highest BCUT2D eigenvalue weighted by molar-refractivity contribution is 5.70. The molecule has 2 N–H and O–H groups in total. The average molecular weight is 703 g/mol. The molecule has 0 aromatic rings. The topological polar surface area (TPSA) is 93.1 Å². The van der Waals surface area contributed by atoms with Gasteiger partial charge in [-0.25, -0.2) is 0 Å². The summed E-state index contributed by atoms with van der Waals surface area (Å²) in [6.07, 6.45) is 43.5. The first-order chi connectivity index (χ1) is 24.4. The van der Waals surface area contributed by atoms with Gasteiger partial charge in [0.1, 0.15) is 6.61 Å². The van der Waals surface area contributed by atoms with Gasteiger partial charge in [-0.15, -0.1) is 0 Å². The van der Waals surface area contributed by atoms with E-state index in [-0.39, 0.29) is 37.7 Å². The van der Waals surface area contributed by atoms with Crippen molar-refractivity contribution in [1.82, 2.24) is 0 Å². The molecule has 0 fully saturated rings. The Morgan fingerprint density at radius 2 is 1.16 bits per heavy atom. The van der Waals surface area contributed by atoms with Gasteiger partial charge in [0.25, 0.3) is 0 Å². The van der Waals surface area contributed by atoms with Crippen molar-refractivity contribution in [3.8, 4) is 0 Å². The molecule has 0 saturated heterocycles. The third-order valence-corrected chi connectivity index (χ3v) is 9.27. The molecule has 0 saturated carbocycles. The predicted octanol–water partition coefficient (Wildman–Crippen LogP) is 11.8. The fraction of sp³-hybridized carbons (Fsp3) is 0.773. The van der Waals surface area contributed by atoms with E-state index in [0.29, 0.717) is 12.8 Å². The second-order valence-electron chi connectivity index (χ2n) is 14.2. The molecule has 0 spiro atoms. The molecule has 6 heteroatoms. The molecule has 0 heterocycles. The van der Waals surface area contributed by atoms with Gasteiger partial charge in [-0.3, -0.25) is 9.59 Å². The predicted molar refractivity (Wildman–Crippen MR) is 211 cm³/mol. The number of allylic oxidation sites excluding steroid dienone is 7. The first-order valence-electron chi connectivity index (χ1n) is 20.7. The van der Waals surface area contributed by atoms with Crippen molar-refractivity contribution in [2.75, 3.05) is 13.2 Å². The number of carbonyl (C=O) groups excluding carboxylic acids is 2. The van der Waals surface area contributed by atoms with Crippen LogP contribution in [0, 0.1) is 5.92 Å². The van der Waals surface area contributed by atoms with Crippen LogP contribution in [0.2, 0.25) is 0 Å². The zero-order valence-corrected chi connectivity index (χ0v) is 32.7. The Morgan fingerprint density at radius 1 is 0.620 bits per heavy atom. The molecule has 0 aliphatic rings. The van der Waals surface area contributed by atoms with Crippen molar-refractivity contribution in [3.05, 3.63) is 48.6 Å². The number of carbonyl (C=O) groups is 2. The molecular formula is C44H78O6. The Labute approximate surface area is 308 Å². The van der Waals surface area contributed by atoms with Crippen molar-refractivity contribution >= 4 is 11.9 Å². The van der Waals surface area contributed by atoms with E-state index in [2.05, 4.69) is 51.2 Å². The smallest absolute Gasteiger partial charge is 0.306 e. The number of hydrogen-bond acceptors (Lipinski definition) is 6. The minimum absolute atomic E-state index is 0.0992. The van der Waals surface area contributed by atoms with E-state index in [4.69, 9.17) is 9.47 Å². The molecule has 6 nitrogen and oxygen atoms in total. The summed E-state index contributed by atoms with van der Waals surface area (Å²) in [5, 5.41) is 19.4. The zero-order valence-electron chi connectivity index (χ0n) is 32.7. The Balaban J connectivity index is 3.68. The standard InChI is InChI=1S/C44H78O6/c1-4-6-28-34-41(46)35-30-25-21-17-13-11-15-19-23-27-32-37-44(48)50-42(38-45)39-49-43(47)36-31-26-22-18-14-10-8-7-9-12-16-20-24-29-33-40(3)5-2/h11,13,19,21,23,25,30,35,40-42,45-46H,4-10,12,14-18,20,22,24,26-29,31-34,36-39H2,1-3H3/b13-11-,23-19-,25-21-,35-30+/t40?,41-,42-/m0/s1. The summed E-state index contributed by atoms with van der Waals surface area (Å²) in [5.41, 5.74) is 0. The molecule has 1 unspecified atom stereocenters. The molecular weight excluding hydrogens is 624 g/mol. The number of aliphatic hydroxyl groups excluding tert-OH is 2. The van der Waals surface area contributed by atoms with E-state index >= 15 is 0 Å². The van der Waals surface area contributed by atoms with Crippen molar-refractivity contribution < 1.29 is 29.3 Å². The van der Waals surface area contributed by atoms with Crippen LogP contribution in [-0.4, -0.2) is 47.6 Å². The summed E-state index contributed by atoms with van der Waals surface area (Å²) in [4.78, 5) is 24.3. The van der Waals surface area contributed by atoms with Crippen LogP contribution in [0.3, 0.4) is 0 Å². The van der Waals surface area contributed by atoms with Crippen LogP contribution >= 0.6 is 0 Å². The number of rotatable bonds is 36. The molecule has 50 heavy (non-hydrogen) atoms. The third kappa shape index (κ3) is 35.6. The molecule has 0 aromatic heterocycles. The normalized spacial score (nSPS) is 13.9. The largest absolute Gasteiger partial charge is 0.462 e. The first kappa shape index (κ1) is 47.8. The average Bonchev–Trinajstić information content (AvgIpc) is 3.11. The first-order valence-corrected chi connectivity index (χ1v) is 20.7. The SMILES string of the molecule is CCCCC[C@H](O)/C=C/C=C\C/C=C\C/C=C\CCCC(=O)O[C@@H](CO)COC(=O)CCCCCCCCCCCCCCCCC(C)CC. The lowest BCUT2D eigenvalue weighted by Crippen LogP contribution is -2.28. The molecule has 0 aliphatic carbocycles. The van der Waals surface area contributed by atoms with E-state index in [0.717, 1.165) is 63.7 Å². The Bertz CT molecular complexity index is 876. The maximum absolute atomic E-state index is 12.2. The van der Waals surface area contributed by atoms with Gasteiger partial charge in [0.2, 0.25) is 0 Å². The monoisotopic (exact) mass is 703 g/mol. The maximum atomic E-state index is 12.2. The quantitative estimate of drug-likeness (QED) is 0.0292. The number of unbranched alkanes of at least 4 members (excludes halogenated alkanes) is 16. The van der Waals surface area contributed by atoms with Crippen molar-refractivity contribution in [1.29, 1.82) is 0 Å². The fourth-order valence-electron chi connectivity index (χ4n) is 5.69. The van der Waals surface area contributed by atoms with Gasteiger partial charge in [-0.1, -0.05) is 185 Å². The highest BCUT2D eigenvalue weighted by atomic mass is 16.6. The second-order valence-corrected chi connectivity index (χ2v) is 14.2. The van der Waals surface area contributed by atoms with Crippen LogP contribution in [0.25, 0.3) is 0 Å². The fourth-order valence-corrected chi connectivity index (χ4v) is 5.69. The summed E-state index contributed by atoms with van der Waals surface area (Å²) in [6, 6.07) is 0. The van der Waals surface area contributed by atoms with Gasteiger partial charge in [0, 0.05) is 12.8 Å². The highest BCUT2D eigenvalue weighted by Crippen LogP contribution is 2.16. The van der Waals surface area contributed by atoms with Crippen LogP contribution in [0.4, 0.5) is 0 Å². The summed E-state index contributed by atoms with van der Waals surface area (Å²) < 4.78 is 10.6. The van der Waals surface area contributed by atoms with Crippen LogP contribution in [-0.2, 0) is 19.1 Å². The lowest BCUT2D eigenvalue weighted by atomic mass is 9.99. The molecule has 0 rings (SSSR count). The minimum Gasteiger partial charge on any atom is -0.462 e. The van der Waals surface area contributed by atoms with E-state index < -0.39 is 6.10 Å². The Hall–Kier alpha value is -2.18. The molecule has 0 amide bonds. The van der Waals surface area contributed by atoms with E-state index in [1.54, 1.807) is 0 Å². The Kier molecular flexibility index (Phi) is 36.4. The lowest BCUT2D eigenvalue weighted by molar-refractivity contribution is -0.161. The minimum atomic E-state index is -0.813. The summed E-state index contributed by atoms with van der Waals surface area (Å²) in [6.45, 7) is 6.35. The third-order valence-electron chi connectivity index (χ3n) is 9.27. The number of ether oxygens (including phenoxy) is 2. The maximum Gasteiger partial charge on any atom is 0.306 e. The van der Waals surface area contributed by atoms with Crippen LogP contribution in [0.5, 0.6) is 0 Å². The molecule has 0 aliphatic heterocycles. The summed E-state index contributed by atoms with van der Waals surface area (Å²) >= 11 is 0. The number of aliphatic hydroxyl groups is 2. The van der Waals surface area contributed by atoms with Crippen LogP contribution in [0.1, 0.15) is 188 Å². The molecule has 290 valence electrons. The van der Waals surface area contributed by atoms with Gasteiger partial charge in [-0.2, -0.15) is 0 Å². The van der Waals surface area contributed by atoms with Crippen molar-refractivity contribution in [2.24, 2.45) is 5.92 Å². The summed E-state index contributed by atoms with van der Waals surface area (Å²) in [5.74, 6) is 0.215. The molecule has 0 bridgehead atoms. The lowest BCUT2D eigenvalue weighted by Gasteiger charge is -2.15. The highest BCUT2D eigenvalue weighted by Gasteiger charge is 2.16. The van der Waals surface area contributed by atoms with E-state index in [9.17, 15) is 19.8 Å². The van der Waals surface area contributed by atoms with Crippen LogP contribution in [0.15, 0.2) is 48.6 Å². The number of esters is 2. The van der Waals surface area contributed by atoms with E-state index in [1.165, 1.54) is 89.9 Å². The van der Waals surface area contributed by atoms with Crippen molar-refractivity contribution in [3.63, 3.8) is 0 Å². The van der Waals surface area contributed by atoms with Crippen molar-refractivity contribution in [2.45, 2.75) is 200 Å². The van der Waals surface area contributed by atoms with Gasteiger partial charge in [0.05, 0.1) is 12.7 Å². The van der Waals surface area contributed by atoms with E-state index in [1.807, 2.05) is 18.2 Å². The van der Waals surface area contributed by atoms with Gasteiger partial charge in [0.15, 0.2) is 6.10 Å². The van der Waals surface area contributed by atoms with Gasteiger partial charge < -0.3 is 19.7 Å².